The molecule has 0 unspecified atom stereocenters. The summed E-state index contributed by atoms with van der Waals surface area (Å²) in [5.41, 5.74) is 5.81. The monoisotopic (exact) mass is 240 g/mol. The van der Waals surface area contributed by atoms with Crippen LogP contribution in [0.5, 0.6) is 0 Å². The third kappa shape index (κ3) is 15.5. The van der Waals surface area contributed by atoms with Gasteiger partial charge in [0.15, 0.2) is 0 Å². The van der Waals surface area contributed by atoms with Crippen LogP contribution in [0.2, 0.25) is 0 Å². The maximum absolute atomic E-state index is 7.11. The number of rotatable bonds is 10. The Morgan fingerprint density at radius 3 is 1.65 bits per heavy atom. The minimum Gasteiger partial charge on any atom is -0.388 e. The van der Waals surface area contributed by atoms with Crippen molar-refractivity contribution < 1.29 is 0 Å². The fraction of sp³-hybridized carbons (Fsp3) is 0.933. The van der Waals surface area contributed by atoms with Crippen molar-refractivity contribution in [3.05, 3.63) is 0 Å². The number of amidine groups is 1. The second-order valence-electron chi connectivity index (χ2n) is 6.41. The van der Waals surface area contributed by atoms with Gasteiger partial charge in [-0.25, -0.2) is 0 Å². The fourth-order valence-corrected chi connectivity index (χ4v) is 2.03. The predicted molar refractivity (Wildman–Crippen MR) is 77.5 cm³/mol. The Balaban J connectivity index is 3.06. The molecule has 2 heteroatoms. The summed E-state index contributed by atoms with van der Waals surface area (Å²) in [5.74, 6) is 0.340. The molecule has 0 aliphatic heterocycles. The van der Waals surface area contributed by atoms with Gasteiger partial charge in [-0.2, -0.15) is 0 Å². The number of nitrogens with one attached hydrogen (secondary N) is 1. The van der Waals surface area contributed by atoms with Gasteiger partial charge in [0, 0.05) is 6.42 Å². The summed E-state index contributed by atoms with van der Waals surface area (Å²) in [7, 11) is 0. The van der Waals surface area contributed by atoms with Crippen LogP contribution in [-0.4, -0.2) is 5.84 Å². The van der Waals surface area contributed by atoms with E-state index in [1.807, 2.05) is 0 Å². The van der Waals surface area contributed by atoms with Crippen molar-refractivity contribution in [1.82, 2.24) is 0 Å². The molecule has 0 bridgehead atoms. The van der Waals surface area contributed by atoms with Crippen LogP contribution in [0.1, 0.15) is 85.0 Å². The van der Waals surface area contributed by atoms with E-state index in [1.54, 1.807) is 0 Å². The Bertz CT molecular complexity index is 192. The van der Waals surface area contributed by atoms with Gasteiger partial charge in [-0.05, 0) is 18.3 Å². The van der Waals surface area contributed by atoms with Crippen molar-refractivity contribution in [2.45, 2.75) is 85.0 Å². The minimum atomic E-state index is 0.340. The molecule has 2 nitrogen and oxygen atoms in total. The highest BCUT2D eigenvalue weighted by Gasteiger charge is 2.08. The van der Waals surface area contributed by atoms with Crippen LogP contribution in [0.25, 0.3) is 0 Å². The molecule has 0 atom stereocenters. The van der Waals surface area contributed by atoms with Gasteiger partial charge >= 0.3 is 0 Å². The second kappa shape index (κ2) is 9.49. The van der Waals surface area contributed by atoms with E-state index in [0.717, 1.165) is 12.8 Å². The second-order valence-corrected chi connectivity index (χ2v) is 6.41. The van der Waals surface area contributed by atoms with E-state index >= 15 is 0 Å². The van der Waals surface area contributed by atoms with E-state index in [4.69, 9.17) is 11.1 Å². The minimum absolute atomic E-state index is 0.340. The summed E-state index contributed by atoms with van der Waals surface area (Å²) in [4.78, 5) is 0. The third-order valence-electron chi connectivity index (χ3n) is 3.12. The van der Waals surface area contributed by atoms with Crippen LogP contribution in [-0.2, 0) is 0 Å². The van der Waals surface area contributed by atoms with Crippen LogP contribution in [0.15, 0.2) is 0 Å². The van der Waals surface area contributed by atoms with Crippen LogP contribution >= 0.6 is 0 Å². The number of nitrogens with two attached hydrogens (primary N) is 1. The Hall–Kier alpha value is -0.530. The molecular weight excluding hydrogens is 208 g/mol. The molecular formula is C15H32N2. The lowest BCUT2D eigenvalue weighted by Crippen LogP contribution is -2.08. The molecule has 0 spiro atoms. The molecule has 102 valence electrons. The van der Waals surface area contributed by atoms with Crippen molar-refractivity contribution in [2.24, 2.45) is 11.1 Å². The van der Waals surface area contributed by atoms with Gasteiger partial charge < -0.3 is 5.73 Å². The maximum atomic E-state index is 7.11. The number of hydrogen-bond acceptors (Lipinski definition) is 1. The van der Waals surface area contributed by atoms with Gasteiger partial charge in [0.2, 0.25) is 0 Å². The van der Waals surface area contributed by atoms with Crippen molar-refractivity contribution in [3.63, 3.8) is 0 Å². The van der Waals surface area contributed by atoms with E-state index in [2.05, 4.69) is 20.8 Å². The molecule has 0 aromatic heterocycles. The summed E-state index contributed by atoms with van der Waals surface area (Å²) >= 11 is 0. The van der Waals surface area contributed by atoms with Gasteiger partial charge in [-0.15, -0.1) is 0 Å². The largest absolute Gasteiger partial charge is 0.388 e. The SMILES string of the molecule is CC(C)(C)CCCCCCCCCCC(=N)N. The topological polar surface area (TPSA) is 49.9 Å². The highest BCUT2D eigenvalue weighted by Crippen LogP contribution is 2.22. The first-order valence-electron chi connectivity index (χ1n) is 7.25. The Morgan fingerprint density at radius 1 is 0.824 bits per heavy atom. The average molecular weight is 240 g/mol. The lowest BCUT2D eigenvalue weighted by molar-refractivity contribution is 0.356. The molecule has 0 heterocycles. The molecule has 0 aromatic carbocycles. The van der Waals surface area contributed by atoms with Gasteiger partial charge in [0.05, 0.1) is 5.84 Å². The molecule has 0 saturated carbocycles. The molecule has 0 fully saturated rings. The summed E-state index contributed by atoms with van der Waals surface area (Å²) < 4.78 is 0. The summed E-state index contributed by atoms with van der Waals surface area (Å²) in [5, 5.41) is 7.11. The summed E-state index contributed by atoms with van der Waals surface area (Å²) in [6.07, 6.45) is 12.7. The highest BCUT2D eigenvalue weighted by atomic mass is 14.7. The Morgan fingerprint density at radius 2 is 1.24 bits per heavy atom. The molecule has 0 amide bonds. The van der Waals surface area contributed by atoms with Crippen molar-refractivity contribution in [3.8, 4) is 0 Å². The Labute approximate surface area is 108 Å². The highest BCUT2D eigenvalue weighted by molar-refractivity contribution is 5.76. The standard InChI is InChI=1S/C15H32N2/c1-15(2,3)13-11-9-7-5-4-6-8-10-12-14(16)17/h4-13H2,1-3H3,(H3,16,17). The van der Waals surface area contributed by atoms with Crippen LogP contribution in [0, 0.1) is 10.8 Å². The zero-order chi connectivity index (χ0) is 13.1. The van der Waals surface area contributed by atoms with E-state index < -0.39 is 0 Å². The lowest BCUT2D eigenvalue weighted by Gasteiger charge is -2.17. The number of unbranched alkanes of at least 4 members (excludes halogenated alkanes) is 7. The molecule has 3 N–H and O–H groups in total. The quantitative estimate of drug-likeness (QED) is 0.319. The summed E-state index contributed by atoms with van der Waals surface area (Å²) in [6, 6.07) is 0. The van der Waals surface area contributed by atoms with E-state index in [9.17, 15) is 0 Å². The molecule has 0 aliphatic carbocycles. The van der Waals surface area contributed by atoms with Gasteiger partial charge in [-0.1, -0.05) is 65.7 Å². The number of hydrogen-bond donors (Lipinski definition) is 2. The molecule has 0 saturated heterocycles. The molecule has 17 heavy (non-hydrogen) atoms. The van der Waals surface area contributed by atoms with Crippen LogP contribution in [0.4, 0.5) is 0 Å². The van der Waals surface area contributed by atoms with Crippen LogP contribution < -0.4 is 5.73 Å². The summed E-state index contributed by atoms with van der Waals surface area (Å²) in [6.45, 7) is 6.96. The maximum Gasteiger partial charge on any atom is 0.0905 e. The molecule has 0 rings (SSSR count). The van der Waals surface area contributed by atoms with Crippen molar-refractivity contribution in [2.75, 3.05) is 0 Å². The Kier molecular flexibility index (Phi) is 9.20. The van der Waals surface area contributed by atoms with Gasteiger partial charge in [0.1, 0.15) is 0 Å². The zero-order valence-electron chi connectivity index (χ0n) is 12.1. The fourth-order valence-electron chi connectivity index (χ4n) is 2.03. The van der Waals surface area contributed by atoms with Crippen LogP contribution in [0.3, 0.4) is 0 Å². The van der Waals surface area contributed by atoms with Gasteiger partial charge in [-0.3, -0.25) is 5.41 Å². The van der Waals surface area contributed by atoms with E-state index in [1.165, 1.54) is 51.4 Å². The predicted octanol–water partition coefficient (Wildman–Crippen LogP) is 4.87. The first-order valence-corrected chi connectivity index (χ1v) is 7.25. The first-order chi connectivity index (χ1) is 7.92. The third-order valence-corrected chi connectivity index (χ3v) is 3.12. The molecule has 0 aromatic rings. The average Bonchev–Trinajstić information content (AvgIpc) is 2.18. The molecule has 0 aliphatic rings. The van der Waals surface area contributed by atoms with E-state index in [-0.39, 0.29) is 0 Å². The normalized spacial score (nSPS) is 11.7. The smallest absolute Gasteiger partial charge is 0.0905 e. The van der Waals surface area contributed by atoms with Crippen molar-refractivity contribution >= 4 is 5.84 Å². The lowest BCUT2D eigenvalue weighted by atomic mass is 9.89. The molecule has 0 radical (unpaired) electrons. The van der Waals surface area contributed by atoms with Crippen molar-refractivity contribution in [1.29, 1.82) is 5.41 Å². The zero-order valence-corrected chi connectivity index (χ0v) is 12.1. The van der Waals surface area contributed by atoms with E-state index in [0.29, 0.717) is 11.3 Å². The van der Waals surface area contributed by atoms with Gasteiger partial charge in [0.25, 0.3) is 0 Å². The first kappa shape index (κ1) is 16.5.